The summed E-state index contributed by atoms with van der Waals surface area (Å²) in [6.07, 6.45) is 0. The normalized spacial score (nSPS) is 21.6. The van der Waals surface area contributed by atoms with Crippen molar-refractivity contribution in [2.45, 2.75) is 0 Å². The topological polar surface area (TPSA) is 61.8 Å². The van der Waals surface area contributed by atoms with Crippen molar-refractivity contribution in [1.29, 1.82) is 0 Å². The summed E-state index contributed by atoms with van der Waals surface area (Å²) >= 11 is -5.35. The van der Waals surface area contributed by atoms with E-state index in [9.17, 15) is 8.42 Å². The zero-order valence-electron chi connectivity index (χ0n) is 9.98. The number of hydrogen-bond acceptors (Lipinski definition) is 5. The average molecular weight is 520 g/mol. The average Bonchev–Trinajstić information content (AvgIpc) is 2.47. The second-order valence-electron chi connectivity index (χ2n) is 3.62. The zero-order chi connectivity index (χ0) is 14.0. The molecule has 0 radical (unpaired) electrons. The molecule has 0 bridgehead atoms. The van der Waals surface area contributed by atoms with Gasteiger partial charge in [0.2, 0.25) is 0 Å². The van der Waals surface area contributed by atoms with Gasteiger partial charge in [0.25, 0.3) is 0 Å². The van der Waals surface area contributed by atoms with E-state index in [1.165, 1.54) is 0 Å². The van der Waals surface area contributed by atoms with Crippen LogP contribution in [0.2, 0.25) is 0 Å². The Morgan fingerprint density at radius 1 is 0.700 bits per heavy atom. The van der Waals surface area contributed by atoms with Crippen LogP contribution in [0.1, 0.15) is 0 Å². The van der Waals surface area contributed by atoms with Gasteiger partial charge in [-0.1, -0.05) is 0 Å². The molecule has 1 fully saturated rings. The third kappa shape index (κ3) is 3.49. The predicted octanol–water partition coefficient (Wildman–Crippen LogP) is 3.71. The van der Waals surface area contributed by atoms with Gasteiger partial charge in [0.15, 0.2) is 0 Å². The van der Waals surface area contributed by atoms with Gasteiger partial charge in [-0.25, -0.2) is 0 Å². The van der Waals surface area contributed by atoms with Crippen molar-refractivity contribution >= 4 is 51.7 Å². The van der Waals surface area contributed by atoms with Crippen LogP contribution in [0.15, 0.2) is 60.7 Å². The van der Waals surface area contributed by atoms with Crippen molar-refractivity contribution in [3.05, 3.63) is 67.8 Å². The van der Waals surface area contributed by atoms with Crippen molar-refractivity contribution in [1.82, 2.24) is 0 Å². The molecule has 0 atom stereocenters. The summed E-state index contributed by atoms with van der Waals surface area (Å²) in [5, 5.41) is 0. The van der Waals surface area contributed by atoms with E-state index in [1.54, 1.807) is 0 Å². The number of hydrogen-bond donors (Lipinski definition) is 0. The molecule has 1 aliphatic heterocycles. The van der Waals surface area contributed by atoms with Crippen LogP contribution in [0.25, 0.3) is 0 Å². The summed E-state index contributed by atoms with van der Waals surface area (Å²) in [5.74, 6) is 0. The molecule has 1 aliphatic rings. The first kappa shape index (κ1) is 14.7. The molecule has 3 rings (SSSR count). The summed E-state index contributed by atoms with van der Waals surface area (Å²) in [6.45, 7) is 0. The van der Waals surface area contributed by atoms with Gasteiger partial charge >= 0.3 is 134 Å². The molecule has 20 heavy (non-hydrogen) atoms. The van der Waals surface area contributed by atoms with Gasteiger partial charge in [-0.3, -0.25) is 0 Å². The number of halogens is 2. The van der Waals surface area contributed by atoms with Gasteiger partial charge < -0.3 is 0 Å². The standard InChI is InChI=1S/C12H10I2O5S/c15-20(16)18-13(11-7-3-1-4-8-11)17-14(19-20)12-9-5-2-6-10-12/h1-10H. The minimum atomic E-state index is -3.96. The van der Waals surface area contributed by atoms with Crippen LogP contribution in [-0.2, 0) is 16.8 Å². The van der Waals surface area contributed by atoms with Crippen LogP contribution in [-0.4, -0.2) is 8.42 Å². The Hall–Kier alpha value is -0.270. The summed E-state index contributed by atoms with van der Waals surface area (Å²) in [7, 11) is -3.96. The van der Waals surface area contributed by atoms with Crippen LogP contribution in [0.3, 0.4) is 0 Å². The zero-order valence-corrected chi connectivity index (χ0v) is 15.1. The first-order chi connectivity index (χ1) is 9.64. The van der Waals surface area contributed by atoms with E-state index >= 15 is 0 Å². The second kappa shape index (κ2) is 6.23. The molecule has 0 amide bonds. The number of benzene rings is 2. The van der Waals surface area contributed by atoms with E-state index in [1.807, 2.05) is 60.7 Å². The summed E-state index contributed by atoms with van der Waals surface area (Å²) in [5.41, 5.74) is 0. The van der Waals surface area contributed by atoms with Crippen LogP contribution in [0.4, 0.5) is 0 Å². The third-order valence-corrected chi connectivity index (χ3v) is 15.5. The molecular weight excluding hydrogens is 510 g/mol. The molecular formula is C12H10I2O5S. The third-order valence-electron chi connectivity index (χ3n) is 2.20. The van der Waals surface area contributed by atoms with Crippen molar-refractivity contribution in [2.24, 2.45) is 0 Å². The summed E-state index contributed by atoms with van der Waals surface area (Å²) in [4.78, 5) is 0. The fourth-order valence-corrected chi connectivity index (χ4v) is 16.5. The molecule has 0 aromatic heterocycles. The van der Waals surface area contributed by atoms with Gasteiger partial charge in [0, 0.05) is 0 Å². The summed E-state index contributed by atoms with van der Waals surface area (Å²) in [6, 6.07) is 18.4. The Balaban J connectivity index is 1.91. The Morgan fingerprint density at radius 2 is 1.10 bits per heavy atom. The van der Waals surface area contributed by atoms with Gasteiger partial charge in [0.1, 0.15) is 0 Å². The Bertz CT molecular complexity index is 624. The van der Waals surface area contributed by atoms with E-state index in [0.29, 0.717) is 0 Å². The van der Waals surface area contributed by atoms with Crippen LogP contribution < -0.4 is 0 Å². The molecule has 2 aromatic rings. The van der Waals surface area contributed by atoms with Crippen molar-refractivity contribution in [3.63, 3.8) is 0 Å². The molecule has 0 N–H and O–H groups in total. The molecule has 1 heterocycles. The van der Waals surface area contributed by atoms with E-state index in [4.69, 9.17) is 6.42 Å². The van der Waals surface area contributed by atoms with E-state index in [-0.39, 0.29) is 0 Å². The van der Waals surface area contributed by atoms with Crippen molar-refractivity contribution in [2.75, 3.05) is 0 Å². The van der Waals surface area contributed by atoms with Crippen LogP contribution >= 0.6 is 41.3 Å². The van der Waals surface area contributed by atoms with Gasteiger partial charge in [-0.15, -0.1) is 0 Å². The molecule has 5 nitrogen and oxygen atoms in total. The monoisotopic (exact) mass is 520 g/mol. The van der Waals surface area contributed by atoms with Crippen LogP contribution in [0, 0.1) is 7.14 Å². The molecule has 2 aromatic carbocycles. The van der Waals surface area contributed by atoms with Crippen molar-refractivity contribution < 1.29 is 14.8 Å². The Labute approximate surface area is 133 Å². The molecule has 0 unspecified atom stereocenters. The predicted molar refractivity (Wildman–Crippen MR) is 90.5 cm³/mol. The Kier molecular flexibility index (Phi) is 4.57. The first-order valence-corrected chi connectivity index (χ1v) is 12.5. The quantitative estimate of drug-likeness (QED) is 0.566. The number of rotatable bonds is 2. The van der Waals surface area contributed by atoms with Gasteiger partial charge in [-0.2, -0.15) is 0 Å². The van der Waals surface area contributed by atoms with Gasteiger partial charge in [-0.05, 0) is 0 Å². The molecule has 1 saturated heterocycles. The Morgan fingerprint density at radius 3 is 1.50 bits per heavy atom. The molecule has 108 valence electrons. The second-order valence-corrected chi connectivity index (χ2v) is 14.4. The van der Waals surface area contributed by atoms with Crippen molar-refractivity contribution in [3.8, 4) is 0 Å². The fourth-order valence-electron chi connectivity index (χ4n) is 1.39. The molecule has 0 spiro atoms. The maximum absolute atomic E-state index is 11.8. The first-order valence-electron chi connectivity index (χ1n) is 5.48. The molecule has 8 heteroatoms. The fraction of sp³-hybridized carbons (Fsp3) is 0. The maximum atomic E-state index is 11.8. The van der Waals surface area contributed by atoms with E-state index < -0.39 is 51.7 Å². The van der Waals surface area contributed by atoms with E-state index in [0.717, 1.165) is 7.14 Å². The molecule has 0 aliphatic carbocycles. The summed E-state index contributed by atoms with van der Waals surface area (Å²) < 4.78 is 41.1. The van der Waals surface area contributed by atoms with Gasteiger partial charge in [0.05, 0.1) is 0 Å². The molecule has 0 saturated carbocycles. The minimum absolute atomic E-state index is 0.807. The van der Waals surface area contributed by atoms with Crippen LogP contribution in [0.5, 0.6) is 0 Å². The SMILES string of the molecule is O=S1(=O)OI(c2ccccc2)OI(c2ccccc2)O1. The van der Waals surface area contributed by atoms with E-state index in [2.05, 4.69) is 0 Å².